The van der Waals surface area contributed by atoms with Gasteiger partial charge in [0.05, 0.1) is 0 Å². The molecule has 0 spiro atoms. The summed E-state index contributed by atoms with van der Waals surface area (Å²) in [5.74, 6) is 6.28. The van der Waals surface area contributed by atoms with E-state index in [1.54, 1.807) is 0 Å². The highest BCUT2D eigenvalue weighted by molar-refractivity contribution is 5.66. The highest BCUT2D eigenvalue weighted by Crippen LogP contribution is 2.61. The lowest BCUT2D eigenvalue weighted by Crippen LogP contribution is -2.45. The van der Waals surface area contributed by atoms with Gasteiger partial charge < -0.3 is 4.90 Å². The molecule has 6 aromatic rings. The zero-order valence-corrected chi connectivity index (χ0v) is 63.9. The first kappa shape index (κ1) is 69.5. The van der Waals surface area contributed by atoms with Gasteiger partial charge in [0.2, 0.25) is 0 Å². The van der Waals surface area contributed by atoms with Crippen molar-refractivity contribution in [3.05, 3.63) is 173 Å². The van der Waals surface area contributed by atoms with Gasteiger partial charge in [0.15, 0.2) is 0 Å². The maximum absolute atomic E-state index is 4.75. The molecular weight excluding hydrogens is 1160 g/mol. The minimum Gasteiger partial charge on any atom is -0.367 e. The monoisotopic (exact) mass is 1280 g/mol. The summed E-state index contributed by atoms with van der Waals surface area (Å²) >= 11 is 0. The summed E-state index contributed by atoms with van der Waals surface area (Å²) < 4.78 is 0. The summed E-state index contributed by atoms with van der Waals surface area (Å²) in [5, 5.41) is 0. The number of para-hydroxylation sites is 1. The summed E-state index contributed by atoms with van der Waals surface area (Å²) in [6.45, 7) is 68.2. The van der Waals surface area contributed by atoms with Crippen LogP contribution in [0.25, 0.3) is 0 Å². The molecule has 21 unspecified atom stereocenters. The standard InChI is InChI=1S/C19H22N2.C18H28N2.C17H26N2.C16H24N2.C15H22N2/c1-11-9-12(2)20-13(3)18(11)19-14(4)21-10-16(19)15-7-5-6-8-17(15)21;1-10-8-11(2)19-13(4)16(10)17-15(6)20-9-18(17,7)12(3)14(20)5;1-10-9-11(2)18-12(3)15(10)16-13(4)19-8-7-14(16)17(19,5)6;1-10-8-11(2)17-12(3)14(10)15-13(4)18-7-6-16(15,5)9-18;1-9-7-10(2)16-11(3)14(9)15-12(4)17-6-5-13(15)8-17/h5-9,14,16,19H,10H2,1-4H3;8,12,14-15,17H,9H2,1-7H3;9,13-14,16H,7-8H2,1-6H3;8,13,15H,6-7,9H2,1-5H3;7,12-13,15H,5-6,8H2,1-4H3. The molecule has 9 saturated heterocycles. The van der Waals surface area contributed by atoms with Crippen molar-refractivity contribution in [2.75, 3.05) is 50.7 Å². The van der Waals surface area contributed by atoms with Crippen molar-refractivity contribution in [3.63, 3.8) is 0 Å². The molecule has 16 rings (SSSR count). The Morgan fingerprint density at radius 2 is 0.895 bits per heavy atom. The molecule has 95 heavy (non-hydrogen) atoms. The average molecular weight is 1280 g/mol. The third-order valence-corrected chi connectivity index (χ3v) is 27.5. The highest BCUT2D eigenvalue weighted by atomic mass is 15.3. The van der Waals surface area contributed by atoms with Crippen LogP contribution >= 0.6 is 0 Å². The van der Waals surface area contributed by atoms with Crippen molar-refractivity contribution in [2.45, 2.75) is 277 Å². The second kappa shape index (κ2) is 25.7. The van der Waals surface area contributed by atoms with Gasteiger partial charge in [-0.25, -0.2) is 0 Å². The Bertz CT molecular complexity index is 3760. The Morgan fingerprint density at radius 3 is 1.34 bits per heavy atom. The van der Waals surface area contributed by atoms with Gasteiger partial charge in [-0.3, -0.25) is 44.5 Å². The van der Waals surface area contributed by atoms with Crippen LogP contribution in [-0.4, -0.2) is 132 Å². The van der Waals surface area contributed by atoms with Gasteiger partial charge in [0.25, 0.3) is 0 Å². The number of pyridine rings is 5. The first-order chi connectivity index (χ1) is 44.7. The summed E-state index contributed by atoms with van der Waals surface area (Å²) in [4.78, 5) is 36.9. The number of piperidine rings is 4. The first-order valence-electron chi connectivity index (χ1n) is 37.3. The first-order valence-corrected chi connectivity index (χ1v) is 37.3. The average Bonchev–Trinajstić information content (AvgIpc) is 1.52. The van der Waals surface area contributed by atoms with Crippen molar-refractivity contribution >= 4 is 5.69 Å². The quantitative estimate of drug-likeness (QED) is 0.166. The Labute approximate surface area is 575 Å². The van der Waals surface area contributed by atoms with Crippen LogP contribution < -0.4 is 4.90 Å². The van der Waals surface area contributed by atoms with E-state index in [0.717, 1.165) is 58.7 Å². The number of rotatable bonds is 5. The predicted octanol–water partition coefficient (Wildman–Crippen LogP) is 17.5. The number of benzene rings is 1. The van der Waals surface area contributed by atoms with E-state index in [4.69, 9.17) is 19.9 Å². The van der Waals surface area contributed by atoms with Crippen LogP contribution in [0.1, 0.15) is 249 Å². The lowest BCUT2D eigenvalue weighted by atomic mass is 9.63. The molecule has 15 heterocycles. The third-order valence-electron chi connectivity index (χ3n) is 27.5. The molecule has 21 atom stereocenters. The van der Waals surface area contributed by atoms with Crippen molar-refractivity contribution < 1.29 is 0 Å². The number of hydrogen-bond donors (Lipinski definition) is 0. The van der Waals surface area contributed by atoms with E-state index < -0.39 is 0 Å². The Hall–Kier alpha value is -5.39. The smallest absolute Gasteiger partial charge is 0.0414 e. The zero-order valence-electron chi connectivity index (χ0n) is 63.9. The normalized spacial score (nSPS) is 35.7. The maximum Gasteiger partial charge on any atom is 0.0414 e. The summed E-state index contributed by atoms with van der Waals surface area (Å²) in [5.41, 5.74) is 30.9. The molecule has 10 bridgehead atoms. The van der Waals surface area contributed by atoms with E-state index in [-0.39, 0.29) is 0 Å². The molecule has 10 aliphatic heterocycles. The van der Waals surface area contributed by atoms with E-state index in [9.17, 15) is 0 Å². The molecular formula is C85H122N10. The minimum absolute atomic E-state index is 0.355. The Morgan fingerprint density at radius 1 is 0.421 bits per heavy atom. The number of nitrogens with zero attached hydrogens (tertiary/aromatic N) is 10. The number of hydrogen-bond acceptors (Lipinski definition) is 10. The Kier molecular flexibility index (Phi) is 18.8. The molecule has 0 saturated carbocycles. The van der Waals surface area contributed by atoms with Crippen LogP contribution in [0.5, 0.6) is 0 Å². The molecule has 0 N–H and O–H groups in total. The molecule has 0 amide bonds. The molecule has 0 radical (unpaired) electrons. The van der Waals surface area contributed by atoms with Crippen molar-refractivity contribution in [1.29, 1.82) is 0 Å². The minimum atomic E-state index is 0.355. The van der Waals surface area contributed by atoms with Gasteiger partial charge in [0, 0.05) is 166 Å². The molecule has 1 aromatic carbocycles. The molecule has 5 aromatic heterocycles. The summed E-state index contributed by atoms with van der Waals surface area (Å²) in [6, 6.07) is 24.1. The lowest BCUT2D eigenvalue weighted by molar-refractivity contribution is 0.112. The van der Waals surface area contributed by atoms with Crippen molar-refractivity contribution in [2.24, 2.45) is 28.6 Å². The van der Waals surface area contributed by atoms with E-state index >= 15 is 0 Å². The molecule has 10 aliphatic rings. The number of aromatic nitrogens is 5. The fourth-order valence-corrected chi connectivity index (χ4v) is 23.5. The molecule has 0 aliphatic carbocycles. The van der Waals surface area contributed by atoms with Crippen LogP contribution in [0.4, 0.5) is 5.69 Å². The van der Waals surface area contributed by atoms with E-state index in [1.165, 1.54) is 154 Å². The van der Waals surface area contributed by atoms with Gasteiger partial charge >= 0.3 is 0 Å². The molecule has 9 fully saturated rings. The van der Waals surface area contributed by atoms with Crippen molar-refractivity contribution in [3.8, 4) is 0 Å². The van der Waals surface area contributed by atoms with Gasteiger partial charge in [-0.05, 0) is 324 Å². The second-order valence-electron chi connectivity index (χ2n) is 33.8. The third kappa shape index (κ3) is 11.8. The number of anilines is 1. The SMILES string of the molecule is Cc1cc(C)c(C2C(C)N3CC2(C)C(C)C3C)c(C)n1.Cc1cc(C)c(C2C(C)N3CCC2(C)C3)c(C)n1.Cc1cc(C)c(C2C(C)N3CCC2C3(C)C)c(C)n1.Cc1cc(C)c(C2C3CCN(C3)C2C)c(C)n1.Cc1cc(C)c(C2C3CN(c4ccccc43)C2C)c(C)n1. The van der Waals surface area contributed by atoms with Crippen LogP contribution in [0.15, 0.2) is 54.6 Å². The van der Waals surface area contributed by atoms with Crippen LogP contribution in [0, 0.1) is 132 Å². The Balaban J connectivity index is 0.000000114. The fourth-order valence-electron chi connectivity index (χ4n) is 23.5. The number of aryl methyl sites for hydroxylation is 15. The van der Waals surface area contributed by atoms with Gasteiger partial charge in [-0.15, -0.1) is 0 Å². The summed E-state index contributed by atoms with van der Waals surface area (Å²) in [6.07, 6.45) is 4.06. The largest absolute Gasteiger partial charge is 0.367 e. The molecule has 10 nitrogen and oxygen atoms in total. The van der Waals surface area contributed by atoms with Crippen LogP contribution in [-0.2, 0) is 0 Å². The highest BCUT2D eigenvalue weighted by Gasteiger charge is 2.61. The van der Waals surface area contributed by atoms with Crippen molar-refractivity contribution in [1.82, 2.24) is 44.5 Å². The van der Waals surface area contributed by atoms with E-state index in [1.807, 2.05) is 0 Å². The van der Waals surface area contributed by atoms with Gasteiger partial charge in [-0.2, -0.15) is 0 Å². The van der Waals surface area contributed by atoms with E-state index in [2.05, 4.69) is 264 Å². The van der Waals surface area contributed by atoms with Gasteiger partial charge in [-0.1, -0.05) is 39.0 Å². The second-order valence-corrected chi connectivity index (χ2v) is 33.8. The predicted molar refractivity (Wildman–Crippen MR) is 396 cm³/mol. The number of fused-ring (bicyclic) bond motifs is 13. The summed E-state index contributed by atoms with van der Waals surface area (Å²) in [7, 11) is 0. The van der Waals surface area contributed by atoms with E-state index in [0.29, 0.717) is 82.2 Å². The molecule has 10 heteroatoms. The topological polar surface area (TPSA) is 80.7 Å². The fraction of sp³-hybridized carbons (Fsp3) is 0.635. The van der Waals surface area contributed by atoms with Gasteiger partial charge in [0.1, 0.15) is 0 Å². The van der Waals surface area contributed by atoms with Crippen LogP contribution in [0.2, 0.25) is 0 Å². The maximum atomic E-state index is 4.75. The van der Waals surface area contributed by atoms with Crippen LogP contribution in [0.3, 0.4) is 0 Å². The molecule has 512 valence electrons. The zero-order chi connectivity index (χ0) is 68.7. The lowest BCUT2D eigenvalue weighted by Gasteiger charge is -2.44.